The Labute approximate surface area is 116 Å². The van der Waals surface area contributed by atoms with Crippen LogP contribution in [0.4, 0.5) is 0 Å². The molecule has 2 heteroatoms. The number of nitrogens with two attached hydrogens (primary N) is 1. The van der Waals surface area contributed by atoms with E-state index in [9.17, 15) is 0 Å². The van der Waals surface area contributed by atoms with E-state index in [2.05, 4.69) is 29.9 Å². The Hall–Kier alpha value is -0.760. The minimum atomic E-state index is 0.370. The van der Waals surface area contributed by atoms with Gasteiger partial charge in [-0.2, -0.15) is 0 Å². The molecular formula is C17H26N2. The zero-order valence-corrected chi connectivity index (χ0v) is 12.0. The molecule has 104 valence electrons. The highest BCUT2D eigenvalue weighted by Crippen LogP contribution is 2.61. The lowest BCUT2D eigenvalue weighted by molar-refractivity contribution is -0.0669. The first-order valence-electron chi connectivity index (χ1n) is 8.00. The van der Waals surface area contributed by atoms with E-state index in [-0.39, 0.29) is 0 Å². The summed E-state index contributed by atoms with van der Waals surface area (Å²) in [5, 5.41) is 0. The monoisotopic (exact) mass is 258 g/mol. The summed E-state index contributed by atoms with van der Waals surface area (Å²) < 4.78 is 2.24. The maximum Gasteiger partial charge on any atom is 0.0187 e. The molecule has 0 spiro atoms. The Kier molecular flexibility index (Phi) is 2.60. The standard InChI is InChI=1S/C17H26N2/c1-19-4-2-3-15(19)8-16(18)17-9-12-5-13(10-17)7-14(6-12)11-17/h2-4,12-14,16H,5-11,18H2,1H3. The summed E-state index contributed by atoms with van der Waals surface area (Å²) in [6.07, 6.45) is 12.0. The van der Waals surface area contributed by atoms with Gasteiger partial charge in [0, 0.05) is 31.4 Å². The van der Waals surface area contributed by atoms with Crippen molar-refractivity contribution < 1.29 is 0 Å². The van der Waals surface area contributed by atoms with Crippen molar-refractivity contribution in [2.45, 2.75) is 51.0 Å². The van der Waals surface area contributed by atoms with E-state index in [1.165, 1.54) is 44.2 Å². The van der Waals surface area contributed by atoms with Gasteiger partial charge in [-0.15, -0.1) is 0 Å². The number of hydrogen-bond donors (Lipinski definition) is 1. The number of rotatable bonds is 3. The summed E-state index contributed by atoms with van der Waals surface area (Å²) in [4.78, 5) is 0. The lowest BCUT2D eigenvalue weighted by Crippen LogP contribution is -2.55. The van der Waals surface area contributed by atoms with E-state index < -0.39 is 0 Å². The van der Waals surface area contributed by atoms with Crippen molar-refractivity contribution in [3.05, 3.63) is 24.0 Å². The summed E-state index contributed by atoms with van der Waals surface area (Å²) in [6.45, 7) is 0. The molecule has 0 radical (unpaired) electrons. The molecule has 1 aromatic heterocycles. The van der Waals surface area contributed by atoms with Crippen molar-refractivity contribution in [2.75, 3.05) is 0 Å². The van der Waals surface area contributed by atoms with Gasteiger partial charge in [0.25, 0.3) is 0 Å². The highest BCUT2D eigenvalue weighted by atomic mass is 14.9. The molecule has 1 heterocycles. The third kappa shape index (κ3) is 1.87. The highest BCUT2D eigenvalue weighted by molar-refractivity contribution is 5.12. The molecule has 4 fully saturated rings. The number of aromatic nitrogens is 1. The fourth-order valence-corrected chi connectivity index (χ4v) is 5.78. The van der Waals surface area contributed by atoms with Gasteiger partial charge in [-0.05, 0) is 73.8 Å². The van der Waals surface area contributed by atoms with Crippen LogP contribution >= 0.6 is 0 Å². The molecule has 0 aliphatic heterocycles. The number of nitrogens with zero attached hydrogens (tertiary/aromatic N) is 1. The molecule has 4 saturated carbocycles. The number of hydrogen-bond acceptors (Lipinski definition) is 1. The molecule has 0 aromatic carbocycles. The number of aryl methyl sites for hydroxylation is 1. The minimum absolute atomic E-state index is 0.370. The van der Waals surface area contributed by atoms with E-state index >= 15 is 0 Å². The molecule has 2 N–H and O–H groups in total. The van der Waals surface area contributed by atoms with Crippen LogP contribution in [0.15, 0.2) is 18.3 Å². The lowest BCUT2D eigenvalue weighted by atomic mass is 9.47. The van der Waals surface area contributed by atoms with Crippen LogP contribution in [0.1, 0.15) is 44.2 Å². The summed E-state index contributed by atoms with van der Waals surface area (Å²) in [6, 6.07) is 4.75. The van der Waals surface area contributed by atoms with Crippen molar-refractivity contribution in [3.63, 3.8) is 0 Å². The zero-order valence-electron chi connectivity index (χ0n) is 12.0. The second-order valence-corrected chi connectivity index (χ2v) is 7.70. The van der Waals surface area contributed by atoms with Gasteiger partial charge in [0.05, 0.1) is 0 Å². The minimum Gasteiger partial charge on any atom is -0.354 e. The van der Waals surface area contributed by atoms with Crippen molar-refractivity contribution in [1.82, 2.24) is 4.57 Å². The zero-order chi connectivity index (χ0) is 13.0. The summed E-state index contributed by atoms with van der Waals surface area (Å²) >= 11 is 0. The first-order chi connectivity index (χ1) is 9.14. The summed E-state index contributed by atoms with van der Waals surface area (Å²) in [5.74, 6) is 3.02. The van der Waals surface area contributed by atoms with Crippen LogP contribution < -0.4 is 5.73 Å². The first kappa shape index (κ1) is 12.0. The molecule has 0 saturated heterocycles. The third-order valence-corrected chi connectivity index (χ3v) is 6.35. The van der Waals surface area contributed by atoms with Crippen LogP contribution in [0.5, 0.6) is 0 Å². The van der Waals surface area contributed by atoms with Gasteiger partial charge >= 0.3 is 0 Å². The van der Waals surface area contributed by atoms with Crippen LogP contribution in [-0.4, -0.2) is 10.6 Å². The Morgan fingerprint density at radius 1 is 1.21 bits per heavy atom. The Balaban J connectivity index is 1.56. The third-order valence-electron chi connectivity index (χ3n) is 6.35. The van der Waals surface area contributed by atoms with E-state index in [0.717, 1.165) is 24.2 Å². The van der Waals surface area contributed by atoms with Crippen molar-refractivity contribution in [3.8, 4) is 0 Å². The Bertz CT molecular complexity index is 438. The van der Waals surface area contributed by atoms with Gasteiger partial charge < -0.3 is 10.3 Å². The average Bonchev–Trinajstić information content (AvgIpc) is 2.73. The molecule has 19 heavy (non-hydrogen) atoms. The Morgan fingerprint density at radius 2 is 1.79 bits per heavy atom. The topological polar surface area (TPSA) is 30.9 Å². The highest BCUT2D eigenvalue weighted by Gasteiger charge is 2.53. The second kappa shape index (κ2) is 4.12. The fourth-order valence-electron chi connectivity index (χ4n) is 5.78. The average molecular weight is 258 g/mol. The van der Waals surface area contributed by atoms with Crippen LogP contribution in [-0.2, 0) is 13.5 Å². The largest absolute Gasteiger partial charge is 0.354 e. The van der Waals surface area contributed by atoms with E-state index in [0.29, 0.717) is 11.5 Å². The first-order valence-corrected chi connectivity index (χ1v) is 8.00. The normalized spacial score (nSPS) is 41.7. The quantitative estimate of drug-likeness (QED) is 0.887. The van der Waals surface area contributed by atoms with E-state index in [4.69, 9.17) is 5.73 Å². The maximum absolute atomic E-state index is 6.72. The molecular weight excluding hydrogens is 232 g/mol. The smallest absolute Gasteiger partial charge is 0.0187 e. The van der Waals surface area contributed by atoms with E-state index in [1.807, 2.05) is 0 Å². The molecule has 4 bridgehead atoms. The van der Waals surface area contributed by atoms with Crippen LogP contribution in [0, 0.1) is 23.2 Å². The van der Waals surface area contributed by atoms with Crippen LogP contribution in [0.2, 0.25) is 0 Å². The van der Waals surface area contributed by atoms with Gasteiger partial charge in [-0.3, -0.25) is 0 Å². The summed E-state index contributed by atoms with van der Waals surface area (Å²) in [5.41, 5.74) is 8.61. The van der Waals surface area contributed by atoms with Crippen molar-refractivity contribution in [1.29, 1.82) is 0 Å². The molecule has 1 unspecified atom stereocenters. The molecule has 1 atom stereocenters. The van der Waals surface area contributed by atoms with Crippen molar-refractivity contribution >= 4 is 0 Å². The molecule has 2 nitrogen and oxygen atoms in total. The predicted molar refractivity (Wildman–Crippen MR) is 77.7 cm³/mol. The summed E-state index contributed by atoms with van der Waals surface area (Å²) in [7, 11) is 2.14. The van der Waals surface area contributed by atoms with E-state index in [1.54, 1.807) is 0 Å². The van der Waals surface area contributed by atoms with Gasteiger partial charge in [0.15, 0.2) is 0 Å². The molecule has 4 aliphatic carbocycles. The van der Waals surface area contributed by atoms with Crippen LogP contribution in [0.3, 0.4) is 0 Å². The SMILES string of the molecule is Cn1cccc1CC(N)C12CC3CC(CC(C3)C1)C2. The lowest BCUT2D eigenvalue weighted by Gasteiger charge is -2.59. The van der Waals surface area contributed by atoms with Crippen LogP contribution in [0.25, 0.3) is 0 Å². The predicted octanol–water partition coefficient (Wildman–Crippen LogP) is 3.11. The fraction of sp³-hybridized carbons (Fsp3) is 0.765. The maximum atomic E-state index is 6.72. The van der Waals surface area contributed by atoms with Crippen molar-refractivity contribution in [2.24, 2.45) is 36.0 Å². The molecule has 4 aliphatic rings. The molecule has 5 rings (SSSR count). The van der Waals surface area contributed by atoms with Gasteiger partial charge in [0.2, 0.25) is 0 Å². The van der Waals surface area contributed by atoms with Gasteiger partial charge in [0.1, 0.15) is 0 Å². The van der Waals surface area contributed by atoms with Gasteiger partial charge in [-0.25, -0.2) is 0 Å². The second-order valence-electron chi connectivity index (χ2n) is 7.70. The Morgan fingerprint density at radius 3 is 2.26 bits per heavy atom. The molecule has 1 aromatic rings. The van der Waals surface area contributed by atoms with Gasteiger partial charge in [-0.1, -0.05) is 0 Å². The molecule has 0 amide bonds.